The molecule has 0 aliphatic carbocycles. The highest BCUT2D eigenvalue weighted by molar-refractivity contribution is 5.94. The predicted octanol–water partition coefficient (Wildman–Crippen LogP) is 1.46. The minimum atomic E-state index is 0.0906. The van der Waals surface area contributed by atoms with Gasteiger partial charge in [-0.2, -0.15) is 0 Å². The van der Waals surface area contributed by atoms with E-state index >= 15 is 0 Å². The number of hydrogen-bond donors (Lipinski definition) is 1. The Balaban J connectivity index is 2.03. The number of pyridine rings is 1. The molecular formula is C13H18N2O2. The van der Waals surface area contributed by atoms with E-state index in [2.05, 4.69) is 4.98 Å². The molecule has 4 nitrogen and oxygen atoms in total. The maximum absolute atomic E-state index is 12.3. The first-order valence-corrected chi connectivity index (χ1v) is 6.15. The number of rotatable bonds is 4. The number of amides is 1. The van der Waals surface area contributed by atoms with Crippen LogP contribution in [0.5, 0.6) is 0 Å². The van der Waals surface area contributed by atoms with E-state index in [1.165, 1.54) is 0 Å². The number of carbonyl (C=O) groups is 1. The van der Waals surface area contributed by atoms with Gasteiger partial charge in [-0.05, 0) is 37.8 Å². The molecular weight excluding hydrogens is 216 g/mol. The number of carbonyl (C=O) groups excluding carboxylic acids is 1. The average Bonchev–Trinajstić information content (AvgIpc) is 2.84. The van der Waals surface area contributed by atoms with E-state index in [0.717, 1.165) is 32.2 Å². The van der Waals surface area contributed by atoms with Gasteiger partial charge in [0.15, 0.2) is 0 Å². The summed E-state index contributed by atoms with van der Waals surface area (Å²) in [6, 6.07) is 3.80. The fourth-order valence-electron chi connectivity index (χ4n) is 2.39. The van der Waals surface area contributed by atoms with E-state index in [4.69, 9.17) is 5.11 Å². The highest BCUT2D eigenvalue weighted by atomic mass is 16.3. The number of hydrogen-bond acceptors (Lipinski definition) is 3. The zero-order valence-electron chi connectivity index (χ0n) is 9.88. The van der Waals surface area contributed by atoms with Gasteiger partial charge in [-0.3, -0.25) is 9.78 Å². The molecule has 1 aromatic heterocycles. The van der Waals surface area contributed by atoms with Crippen LogP contribution < -0.4 is 0 Å². The highest BCUT2D eigenvalue weighted by Gasteiger charge is 2.28. The van der Waals surface area contributed by atoms with E-state index in [-0.39, 0.29) is 12.5 Å². The van der Waals surface area contributed by atoms with Crippen molar-refractivity contribution < 1.29 is 9.90 Å². The molecule has 0 aromatic carbocycles. The van der Waals surface area contributed by atoms with Gasteiger partial charge < -0.3 is 10.0 Å². The van der Waals surface area contributed by atoms with Crippen molar-refractivity contribution in [3.05, 3.63) is 30.1 Å². The van der Waals surface area contributed by atoms with Crippen molar-refractivity contribution in [1.29, 1.82) is 0 Å². The lowest BCUT2D eigenvalue weighted by Crippen LogP contribution is -2.35. The molecule has 0 spiro atoms. The summed E-state index contributed by atoms with van der Waals surface area (Å²) >= 11 is 0. The van der Waals surface area contributed by atoms with Crippen molar-refractivity contribution in [3.63, 3.8) is 0 Å². The molecule has 2 heterocycles. The maximum atomic E-state index is 12.3. The molecule has 1 saturated heterocycles. The predicted molar refractivity (Wildman–Crippen MR) is 64.6 cm³/mol. The molecule has 1 amide bonds. The third kappa shape index (κ3) is 2.82. The standard InChI is InChI=1S/C13H18N2O2/c16-10-2-4-12-3-1-9-15(12)13(17)11-5-7-14-8-6-11/h5-8,12,16H,1-4,9-10H2/t12-/m0/s1. The smallest absolute Gasteiger partial charge is 0.254 e. The molecule has 1 N–H and O–H groups in total. The molecule has 1 aromatic rings. The van der Waals surface area contributed by atoms with Crippen LogP contribution in [0.2, 0.25) is 0 Å². The summed E-state index contributed by atoms with van der Waals surface area (Å²) in [6.45, 7) is 1.03. The zero-order valence-corrected chi connectivity index (χ0v) is 9.88. The van der Waals surface area contributed by atoms with E-state index in [0.29, 0.717) is 11.6 Å². The fraction of sp³-hybridized carbons (Fsp3) is 0.538. The second-order valence-electron chi connectivity index (χ2n) is 4.40. The Hall–Kier alpha value is -1.42. The van der Waals surface area contributed by atoms with Gasteiger partial charge in [0.25, 0.3) is 5.91 Å². The molecule has 0 radical (unpaired) electrons. The van der Waals surface area contributed by atoms with Crippen molar-refractivity contribution >= 4 is 5.91 Å². The maximum Gasteiger partial charge on any atom is 0.254 e. The molecule has 0 bridgehead atoms. The zero-order chi connectivity index (χ0) is 12.1. The van der Waals surface area contributed by atoms with Crippen molar-refractivity contribution in [2.75, 3.05) is 13.2 Å². The van der Waals surface area contributed by atoms with E-state index in [1.54, 1.807) is 24.5 Å². The summed E-state index contributed by atoms with van der Waals surface area (Å²) in [7, 11) is 0. The Kier molecular flexibility index (Phi) is 4.09. The summed E-state index contributed by atoms with van der Waals surface area (Å²) in [5.74, 6) is 0.0906. The molecule has 1 aliphatic rings. The molecule has 92 valence electrons. The van der Waals surface area contributed by atoms with Crippen LogP contribution in [0, 0.1) is 0 Å². The molecule has 0 unspecified atom stereocenters. The van der Waals surface area contributed by atoms with Crippen LogP contribution in [0.1, 0.15) is 36.0 Å². The van der Waals surface area contributed by atoms with Crippen LogP contribution in [0.25, 0.3) is 0 Å². The van der Waals surface area contributed by atoms with Gasteiger partial charge in [0.2, 0.25) is 0 Å². The van der Waals surface area contributed by atoms with Gasteiger partial charge in [0, 0.05) is 37.2 Å². The summed E-state index contributed by atoms with van der Waals surface area (Å²) < 4.78 is 0. The molecule has 2 rings (SSSR count). The van der Waals surface area contributed by atoms with E-state index in [1.807, 2.05) is 4.90 Å². The fourth-order valence-corrected chi connectivity index (χ4v) is 2.39. The van der Waals surface area contributed by atoms with Crippen LogP contribution in [-0.2, 0) is 0 Å². The van der Waals surface area contributed by atoms with Gasteiger partial charge in [0.05, 0.1) is 0 Å². The largest absolute Gasteiger partial charge is 0.396 e. The lowest BCUT2D eigenvalue weighted by atomic mass is 10.1. The first-order valence-electron chi connectivity index (χ1n) is 6.15. The lowest BCUT2D eigenvalue weighted by molar-refractivity contribution is 0.0724. The van der Waals surface area contributed by atoms with Crippen LogP contribution >= 0.6 is 0 Å². The molecule has 1 aliphatic heterocycles. The van der Waals surface area contributed by atoms with Crippen LogP contribution in [0.4, 0.5) is 0 Å². The lowest BCUT2D eigenvalue weighted by Gasteiger charge is -2.24. The summed E-state index contributed by atoms with van der Waals surface area (Å²) in [6.07, 6.45) is 7.07. The summed E-state index contributed by atoms with van der Waals surface area (Å²) in [4.78, 5) is 18.1. The SMILES string of the molecule is O=C(c1ccncc1)N1CCC[C@H]1CCCO. The molecule has 17 heavy (non-hydrogen) atoms. The van der Waals surface area contributed by atoms with Crippen molar-refractivity contribution in [3.8, 4) is 0 Å². The number of aliphatic hydroxyl groups excluding tert-OH is 1. The van der Waals surface area contributed by atoms with Crippen molar-refractivity contribution in [1.82, 2.24) is 9.88 Å². The van der Waals surface area contributed by atoms with Crippen LogP contribution in [-0.4, -0.2) is 40.1 Å². The van der Waals surface area contributed by atoms with Gasteiger partial charge in [-0.25, -0.2) is 0 Å². The third-order valence-electron chi connectivity index (χ3n) is 3.26. The first kappa shape index (κ1) is 12.0. The normalized spacial score (nSPS) is 19.6. The van der Waals surface area contributed by atoms with Crippen LogP contribution in [0.15, 0.2) is 24.5 Å². The van der Waals surface area contributed by atoms with Crippen LogP contribution in [0.3, 0.4) is 0 Å². The van der Waals surface area contributed by atoms with Crippen molar-refractivity contribution in [2.24, 2.45) is 0 Å². The number of aliphatic hydroxyl groups is 1. The third-order valence-corrected chi connectivity index (χ3v) is 3.26. The Labute approximate surface area is 101 Å². The Bertz CT molecular complexity index is 367. The highest BCUT2D eigenvalue weighted by Crippen LogP contribution is 2.23. The van der Waals surface area contributed by atoms with E-state index in [9.17, 15) is 4.79 Å². The van der Waals surface area contributed by atoms with Gasteiger partial charge in [-0.1, -0.05) is 0 Å². The molecule has 1 fully saturated rings. The summed E-state index contributed by atoms with van der Waals surface area (Å²) in [5.41, 5.74) is 0.705. The van der Waals surface area contributed by atoms with Gasteiger partial charge >= 0.3 is 0 Å². The number of likely N-dealkylation sites (tertiary alicyclic amines) is 1. The first-order chi connectivity index (χ1) is 8.33. The monoisotopic (exact) mass is 234 g/mol. The number of nitrogens with zero attached hydrogens (tertiary/aromatic N) is 2. The van der Waals surface area contributed by atoms with Gasteiger partial charge in [0.1, 0.15) is 0 Å². The van der Waals surface area contributed by atoms with E-state index < -0.39 is 0 Å². The Morgan fingerprint density at radius 3 is 2.94 bits per heavy atom. The minimum absolute atomic E-state index is 0.0906. The summed E-state index contributed by atoms with van der Waals surface area (Å²) in [5, 5.41) is 8.86. The van der Waals surface area contributed by atoms with Crippen molar-refractivity contribution in [2.45, 2.75) is 31.7 Å². The quantitative estimate of drug-likeness (QED) is 0.858. The topological polar surface area (TPSA) is 53.4 Å². The molecule has 0 saturated carbocycles. The second-order valence-corrected chi connectivity index (χ2v) is 4.40. The molecule has 4 heteroatoms. The Morgan fingerprint density at radius 2 is 2.24 bits per heavy atom. The average molecular weight is 234 g/mol. The molecule has 1 atom stereocenters. The Morgan fingerprint density at radius 1 is 1.47 bits per heavy atom. The number of aromatic nitrogens is 1. The minimum Gasteiger partial charge on any atom is -0.396 e. The van der Waals surface area contributed by atoms with Gasteiger partial charge in [-0.15, -0.1) is 0 Å². The second kappa shape index (κ2) is 5.77.